The van der Waals surface area contributed by atoms with Crippen LogP contribution in [0.4, 0.5) is 11.4 Å². The molecule has 3 aliphatic heterocycles. The number of hydrogen-bond donors (Lipinski definition) is 0. The Morgan fingerprint density at radius 1 is 0.708 bits per heavy atom. The molecule has 398 valence electrons. The largest absolute Gasteiger partial charge is 0.748 e. The maximum absolute atomic E-state index is 12.2. The molecule has 5 rings (SSSR count). The van der Waals surface area contributed by atoms with Gasteiger partial charge in [0.05, 0.1) is 68.3 Å². The zero-order chi connectivity index (χ0) is 52.4. The van der Waals surface area contributed by atoms with Gasteiger partial charge in [0.15, 0.2) is 12.3 Å². The molecule has 2 atom stereocenters. The standard InChI is InChI=1S/C45H57N3O19S4.CH4/c1-44(20-9-29-68(52,53)54)35-31-33(70(58,59)60)13-15-37(35)46(22-25-64-3)39(44)11-7-5-4-6-8-12-40-45(2,21-10-30-69(55,56)57)36-32-34(71(61,62)63)14-16-38(36)47(40)23-26-66-28-27-65-24-19-43(51)67-48-41(49)17-18-42(48)50;/h4-8,11-16,31-32H,9-10,17-30H2,1-3H3,(H3-,52,53,54,55,56,57,58,59,60,61,62,63);1H4/p-3. The molecule has 72 heavy (non-hydrogen) atoms. The number of hydroxylamine groups is 2. The van der Waals surface area contributed by atoms with Crippen LogP contribution in [0.1, 0.15) is 77.3 Å². The van der Waals surface area contributed by atoms with E-state index >= 15 is 0 Å². The zero-order valence-corrected chi connectivity index (χ0v) is 42.3. The van der Waals surface area contributed by atoms with E-state index in [0.29, 0.717) is 39.0 Å². The van der Waals surface area contributed by atoms with E-state index in [2.05, 4.69) is 0 Å². The smallest absolute Gasteiger partial charge is 0.335 e. The van der Waals surface area contributed by atoms with E-state index in [1.165, 1.54) is 37.4 Å². The van der Waals surface area contributed by atoms with E-state index in [9.17, 15) is 66.3 Å². The van der Waals surface area contributed by atoms with E-state index in [4.69, 9.17) is 19.0 Å². The number of ether oxygens (including phenoxy) is 3. The van der Waals surface area contributed by atoms with Gasteiger partial charge in [0.2, 0.25) is 5.69 Å². The number of nitrogens with zero attached hydrogens (tertiary/aromatic N) is 3. The van der Waals surface area contributed by atoms with Gasteiger partial charge in [-0.2, -0.15) is 4.58 Å². The van der Waals surface area contributed by atoms with Crippen molar-refractivity contribution in [1.29, 1.82) is 0 Å². The Morgan fingerprint density at radius 2 is 1.25 bits per heavy atom. The Kier molecular flexibility index (Phi) is 20.5. The average Bonchev–Trinajstić information content (AvgIpc) is 3.80. The highest BCUT2D eigenvalue weighted by atomic mass is 32.2. The first-order chi connectivity index (χ1) is 33.2. The second-order valence-electron chi connectivity index (χ2n) is 17.0. The molecule has 3 aliphatic rings. The number of anilines is 1. The molecule has 1 saturated heterocycles. The molecular formula is C46H58N3O19S4-3. The highest BCUT2D eigenvalue weighted by Gasteiger charge is 2.48. The van der Waals surface area contributed by atoms with Crippen molar-refractivity contribution in [3.63, 3.8) is 0 Å². The molecule has 2 unspecified atom stereocenters. The first-order valence-electron chi connectivity index (χ1n) is 22.1. The molecule has 0 N–H and O–H groups in total. The number of amides is 2. The zero-order valence-electron chi connectivity index (χ0n) is 39.1. The molecular weight excluding hydrogens is 1030 g/mol. The number of benzene rings is 2. The van der Waals surface area contributed by atoms with Gasteiger partial charge < -0.3 is 42.2 Å². The highest BCUT2D eigenvalue weighted by molar-refractivity contribution is 7.86. The fourth-order valence-corrected chi connectivity index (χ4v) is 10.7. The van der Waals surface area contributed by atoms with Crippen molar-refractivity contribution in [3.8, 4) is 0 Å². The van der Waals surface area contributed by atoms with E-state index in [-0.39, 0.29) is 98.5 Å². The van der Waals surface area contributed by atoms with E-state index < -0.39 is 90.4 Å². The summed E-state index contributed by atoms with van der Waals surface area (Å²) in [5.41, 5.74) is 0.795. The maximum Gasteiger partial charge on any atom is 0.335 e. The molecule has 2 aromatic rings. The molecule has 0 spiro atoms. The number of carbonyl (C=O) groups excluding carboxylic acids is 3. The lowest BCUT2D eigenvalue weighted by Gasteiger charge is -2.30. The summed E-state index contributed by atoms with van der Waals surface area (Å²) in [6.45, 7) is 4.20. The Labute approximate surface area is 420 Å². The molecule has 26 heteroatoms. The van der Waals surface area contributed by atoms with Crippen LogP contribution in [0.2, 0.25) is 0 Å². The minimum Gasteiger partial charge on any atom is -0.748 e. The summed E-state index contributed by atoms with van der Waals surface area (Å²) in [5, 5.41) is 0.439. The molecule has 0 aromatic heterocycles. The Balaban J connectivity index is 0.0000112. The number of allylic oxidation sites excluding steroid dienone is 8. The summed E-state index contributed by atoms with van der Waals surface area (Å²) in [6.07, 6.45) is 11.3. The third-order valence-corrected chi connectivity index (χ3v) is 15.3. The van der Waals surface area contributed by atoms with Crippen molar-refractivity contribution in [1.82, 2.24) is 5.06 Å². The van der Waals surface area contributed by atoms with Crippen LogP contribution in [-0.4, -0.2) is 150 Å². The summed E-state index contributed by atoms with van der Waals surface area (Å²) in [5.74, 6) is -3.45. The molecule has 22 nitrogen and oxygen atoms in total. The number of hydrogen-bond acceptors (Lipinski definition) is 20. The van der Waals surface area contributed by atoms with E-state index in [1.54, 1.807) is 61.0 Å². The molecule has 2 amide bonds. The van der Waals surface area contributed by atoms with Crippen LogP contribution in [0, 0.1) is 0 Å². The Morgan fingerprint density at radius 3 is 1.83 bits per heavy atom. The lowest BCUT2D eigenvalue weighted by atomic mass is 9.76. The monoisotopic (exact) mass is 1080 g/mol. The van der Waals surface area contributed by atoms with Gasteiger partial charge in [-0.25, -0.2) is 38.5 Å². The SMILES string of the molecule is C.COCCN1C(=CC=CC=CC=CC2=[N+](CCOCCOCCC(=O)ON3C(=O)CCC3=O)c3ccc(S(=O)(=O)[O-])cc3C2(C)CCCS(=O)(=O)[O-])C(C)(CCCS(=O)(=O)[O-])c2cc(S(=O)(=O)[O-])ccc21. The molecule has 0 aliphatic carbocycles. The minimum atomic E-state index is -4.94. The predicted molar refractivity (Wildman–Crippen MR) is 256 cm³/mol. The van der Waals surface area contributed by atoms with Crippen molar-refractivity contribution in [2.75, 3.05) is 69.6 Å². The molecule has 2 aromatic carbocycles. The van der Waals surface area contributed by atoms with Crippen molar-refractivity contribution in [2.24, 2.45) is 0 Å². The van der Waals surface area contributed by atoms with E-state index in [1.807, 2.05) is 4.90 Å². The van der Waals surface area contributed by atoms with Crippen LogP contribution in [0.5, 0.6) is 0 Å². The van der Waals surface area contributed by atoms with Crippen LogP contribution in [0.3, 0.4) is 0 Å². The number of methoxy groups -OCH3 is 1. The minimum absolute atomic E-state index is 0. The van der Waals surface area contributed by atoms with Gasteiger partial charge in [0.1, 0.15) is 26.8 Å². The first kappa shape index (κ1) is 59.6. The quantitative estimate of drug-likeness (QED) is 0.0408. The number of carbonyl (C=O) groups is 3. The van der Waals surface area contributed by atoms with E-state index in [0.717, 1.165) is 6.07 Å². The van der Waals surface area contributed by atoms with Gasteiger partial charge in [-0.05, 0) is 81.5 Å². The Hall–Kier alpha value is -5.00. The van der Waals surface area contributed by atoms with Crippen LogP contribution < -0.4 is 4.90 Å². The second kappa shape index (κ2) is 24.8. The predicted octanol–water partition coefficient (Wildman–Crippen LogP) is 3.15. The fraction of sp³-hybridized carbons (Fsp3) is 0.478. The van der Waals surface area contributed by atoms with Crippen molar-refractivity contribution in [3.05, 3.63) is 95.8 Å². The fourth-order valence-electron chi connectivity index (χ4n) is 8.69. The highest BCUT2D eigenvalue weighted by Crippen LogP contribution is 2.51. The van der Waals surface area contributed by atoms with Gasteiger partial charge in [-0.1, -0.05) is 37.8 Å². The van der Waals surface area contributed by atoms with Crippen LogP contribution in [-0.2, 0) is 84.7 Å². The number of rotatable bonds is 27. The van der Waals surface area contributed by atoms with Crippen molar-refractivity contribution >= 4 is 75.3 Å². The van der Waals surface area contributed by atoms with Gasteiger partial charge >= 0.3 is 5.97 Å². The summed E-state index contributed by atoms with van der Waals surface area (Å²) >= 11 is 0. The normalized spacial score (nSPS) is 20.2. The number of fused-ring (bicyclic) bond motifs is 2. The van der Waals surface area contributed by atoms with Gasteiger partial charge in [-0.3, -0.25) is 9.59 Å². The third kappa shape index (κ3) is 15.5. The molecule has 0 radical (unpaired) electrons. The lowest BCUT2D eigenvalue weighted by Crippen LogP contribution is -2.32. The Bertz CT molecular complexity index is 2950. The summed E-state index contributed by atoms with van der Waals surface area (Å²) < 4.78 is 161. The molecule has 0 bridgehead atoms. The first-order valence-corrected chi connectivity index (χ1v) is 28.1. The van der Waals surface area contributed by atoms with Crippen LogP contribution in [0.15, 0.2) is 94.4 Å². The summed E-state index contributed by atoms with van der Waals surface area (Å²) in [4.78, 5) is 41.1. The van der Waals surface area contributed by atoms with Crippen LogP contribution >= 0.6 is 0 Å². The average molecular weight is 1090 g/mol. The molecule has 0 saturated carbocycles. The van der Waals surface area contributed by atoms with Crippen molar-refractivity contribution < 1.29 is 89.9 Å². The second-order valence-corrected chi connectivity index (χ2v) is 22.8. The molecule has 1 fully saturated rings. The van der Waals surface area contributed by atoms with Gasteiger partial charge in [0.25, 0.3) is 11.8 Å². The third-order valence-electron chi connectivity index (χ3n) is 12.1. The van der Waals surface area contributed by atoms with Gasteiger partial charge in [-0.15, -0.1) is 5.06 Å². The number of imide groups is 1. The lowest BCUT2D eigenvalue weighted by molar-refractivity contribution is -0.442. The summed E-state index contributed by atoms with van der Waals surface area (Å²) in [7, 11) is -17.5. The summed E-state index contributed by atoms with van der Waals surface area (Å²) in [6, 6.07) is 7.76. The topological polar surface area (TPSA) is 326 Å². The molecule has 3 heterocycles. The van der Waals surface area contributed by atoms with Crippen molar-refractivity contribution in [2.45, 2.75) is 86.8 Å². The maximum atomic E-state index is 12.2. The van der Waals surface area contributed by atoms with Gasteiger partial charge in [0, 0.05) is 72.5 Å². The van der Waals surface area contributed by atoms with Crippen LogP contribution in [0.25, 0.3) is 0 Å².